The van der Waals surface area contributed by atoms with Gasteiger partial charge in [-0.25, -0.2) is 4.39 Å². The maximum Gasteiger partial charge on any atom is 0.230 e. The highest BCUT2D eigenvalue weighted by Gasteiger charge is 2.21. The summed E-state index contributed by atoms with van der Waals surface area (Å²) in [7, 11) is 0. The van der Waals surface area contributed by atoms with E-state index in [1.807, 2.05) is 6.07 Å². The number of carbonyl (C=O) groups excluding carboxylic acids is 1. The second-order valence-electron chi connectivity index (χ2n) is 7.54. The Bertz CT molecular complexity index is 836. The largest absolute Gasteiger partial charge is 0.378 e. The van der Waals surface area contributed by atoms with Crippen molar-refractivity contribution in [2.24, 2.45) is 5.92 Å². The average Bonchev–Trinajstić information content (AvgIpc) is 3.09. The number of carbonyl (C=O) groups is 1. The Morgan fingerprint density at radius 1 is 1.31 bits per heavy atom. The van der Waals surface area contributed by atoms with E-state index in [9.17, 15) is 9.18 Å². The van der Waals surface area contributed by atoms with Crippen molar-refractivity contribution >= 4 is 23.6 Å². The number of hydrogen-bond acceptors (Lipinski definition) is 6. The smallest absolute Gasteiger partial charge is 0.230 e. The summed E-state index contributed by atoms with van der Waals surface area (Å²) in [6, 6.07) is 4.99. The average molecular weight is 422 g/mol. The number of nitrogens with zero attached hydrogens (tertiary/aromatic N) is 4. The highest BCUT2D eigenvalue weighted by atomic mass is 32.2. The number of hydrogen-bond donors (Lipinski definition) is 1. The third kappa shape index (κ3) is 5.93. The van der Waals surface area contributed by atoms with Gasteiger partial charge in [-0.2, -0.15) is 0 Å². The first-order valence-corrected chi connectivity index (χ1v) is 10.8. The Labute approximate surface area is 175 Å². The second kappa shape index (κ2) is 10.1. The van der Waals surface area contributed by atoms with Gasteiger partial charge in [-0.3, -0.25) is 9.36 Å². The molecular formula is C20H28FN5O2S. The molecule has 29 heavy (non-hydrogen) atoms. The molecule has 0 bridgehead atoms. The van der Waals surface area contributed by atoms with E-state index >= 15 is 0 Å². The second-order valence-corrected chi connectivity index (χ2v) is 8.48. The number of nitrogens with one attached hydrogen (secondary N) is 1. The quantitative estimate of drug-likeness (QED) is 0.661. The molecule has 7 nitrogen and oxygen atoms in total. The lowest BCUT2D eigenvalue weighted by molar-refractivity contribution is -0.118. The Balaban J connectivity index is 1.59. The van der Waals surface area contributed by atoms with Crippen LogP contribution < -0.4 is 10.2 Å². The predicted molar refractivity (Wildman–Crippen MR) is 112 cm³/mol. The molecule has 1 fully saturated rings. The van der Waals surface area contributed by atoms with E-state index in [-0.39, 0.29) is 17.5 Å². The molecule has 1 saturated heterocycles. The molecule has 0 spiro atoms. The van der Waals surface area contributed by atoms with Crippen LogP contribution in [-0.2, 0) is 22.6 Å². The number of aryl methyl sites for hydroxylation is 1. The lowest BCUT2D eigenvalue weighted by Gasteiger charge is -2.28. The Hall–Kier alpha value is -2.13. The Kier molecular flexibility index (Phi) is 7.49. The normalized spacial score (nSPS) is 14.4. The summed E-state index contributed by atoms with van der Waals surface area (Å²) in [6.07, 6.45) is 0. The zero-order valence-electron chi connectivity index (χ0n) is 17.2. The summed E-state index contributed by atoms with van der Waals surface area (Å²) in [5.74, 6) is 1.11. The minimum Gasteiger partial charge on any atom is -0.378 e. The summed E-state index contributed by atoms with van der Waals surface area (Å²) in [5.41, 5.74) is 1.33. The first-order valence-electron chi connectivity index (χ1n) is 9.84. The fourth-order valence-electron chi connectivity index (χ4n) is 3.04. The first-order chi connectivity index (χ1) is 13.9. The third-order valence-electron chi connectivity index (χ3n) is 4.60. The van der Waals surface area contributed by atoms with E-state index in [2.05, 4.69) is 38.8 Å². The van der Waals surface area contributed by atoms with Crippen LogP contribution in [0.4, 0.5) is 10.3 Å². The molecule has 0 saturated carbocycles. The number of anilines is 1. The number of amides is 1. The fourth-order valence-corrected chi connectivity index (χ4v) is 3.81. The fraction of sp³-hybridized carbons (Fsp3) is 0.550. The summed E-state index contributed by atoms with van der Waals surface area (Å²) in [5, 5.41) is 12.3. The van der Waals surface area contributed by atoms with Gasteiger partial charge in [0.2, 0.25) is 11.9 Å². The minimum atomic E-state index is -0.261. The van der Waals surface area contributed by atoms with Crippen LogP contribution in [0.15, 0.2) is 23.4 Å². The molecule has 0 atom stereocenters. The maximum absolute atomic E-state index is 13.6. The van der Waals surface area contributed by atoms with Crippen LogP contribution in [-0.4, -0.2) is 52.7 Å². The molecule has 1 aliphatic rings. The molecular weight excluding hydrogens is 393 g/mol. The van der Waals surface area contributed by atoms with Crippen LogP contribution >= 0.6 is 11.8 Å². The predicted octanol–water partition coefficient (Wildman–Crippen LogP) is 2.63. The number of benzene rings is 1. The lowest BCUT2D eigenvalue weighted by Crippen LogP contribution is -2.38. The van der Waals surface area contributed by atoms with Gasteiger partial charge in [0.1, 0.15) is 5.82 Å². The van der Waals surface area contributed by atoms with Gasteiger partial charge in [0.25, 0.3) is 0 Å². The maximum atomic E-state index is 13.6. The highest BCUT2D eigenvalue weighted by Crippen LogP contribution is 2.24. The van der Waals surface area contributed by atoms with E-state index in [1.54, 1.807) is 13.0 Å². The topological polar surface area (TPSA) is 72.3 Å². The van der Waals surface area contributed by atoms with E-state index in [1.165, 1.54) is 17.8 Å². The molecule has 2 heterocycles. The summed E-state index contributed by atoms with van der Waals surface area (Å²) in [4.78, 5) is 14.4. The van der Waals surface area contributed by atoms with Crippen LogP contribution in [0.25, 0.3) is 0 Å². The standard InChI is InChI=1S/C20H28FN5O2S/c1-14(2)12-26-19(25-6-8-28-9-7-25)23-24-20(26)29-13-18(27)22-11-16-5-4-15(3)17(21)10-16/h4-5,10,14H,6-9,11-13H2,1-3H3,(H,22,27). The van der Waals surface area contributed by atoms with Gasteiger partial charge in [0, 0.05) is 26.2 Å². The van der Waals surface area contributed by atoms with Gasteiger partial charge < -0.3 is 15.0 Å². The number of thioether (sulfide) groups is 1. The van der Waals surface area contributed by atoms with Crippen molar-refractivity contribution in [1.82, 2.24) is 20.1 Å². The third-order valence-corrected chi connectivity index (χ3v) is 5.56. The molecule has 1 aliphatic heterocycles. The van der Waals surface area contributed by atoms with Gasteiger partial charge in [0.15, 0.2) is 5.16 Å². The molecule has 1 aromatic heterocycles. The van der Waals surface area contributed by atoms with Crippen molar-refractivity contribution in [2.75, 3.05) is 37.0 Å². The van der Waals surface area contributed by atoms with Crippen LogP contribution in [0.5, 0.6) is 0 Å². The van der Waals surface area contributed by atoms with Gasteiger partial charge >= 0.3 is 0 Å². The van der Waals surface area contributed by atoms with Crippen LogP contribution in [0.3, 0.4) is 0 Å². The van der Waals surface area contributed by atoms with Gasteiger partial charge in [-0.15, -0.1) is 10.2 Å². The molecule has 2 aromatic rings. The molecule has 1 N–H and O–H groups in total. The van der Waals surface area contributed by atoms with E-state index in [4.69, 9.17) is 4.74 Å². The van der Waals surface area contributed by atoms with Crippen molar-refractivity contribution in [3.05, 3.63) is 35.1 Å². The number of aromatic nitrogens is 3. The number of ether oxygens (including phenoxy) is 1. The SMILES string of the molecule is Cc1ccc(CNC(=O)CSc2nnc(N3CCOCC3)n2CC(C)C)cc1F. The molecule has 1 amide bonds. The van der Waals surface area contributed by atoms with Gasteiger partial charge in [-0.1, -0.05) is 37.7 Å². The summed E-state index contributed by atoms with van der Waals surface area (Å²) >= 11 is 1.37. The Morgan fingerprint density at radius 3 is 2.76 bits per heavy atom. The molecule has 3 rings (SSSR count). The molecule has 0 aliphatic carbocycles. The molecule has 0 radical (unpaired) electrons. The molecule has 0 unspecified atom stereocenters. The number of halogens is 1. The van der Waals surface area contributed by atoms with Crippen molar-refractivity contribution in [3.8, 4) is 0 Å². The van der Waals surface area contributed by atoms with E-state index < -0.39 is 0 Å². The van der Waals surface area contributed by atoms with E-state index in [0.717, 1.165) is 36.3 Å². The number of rotatable bonds is 8. The summed E-state index contributed by atoms with van der Waals surface area (Å²) < 4.78 is 21.1. The minimum absolute atomic E-state index is 0.122. The molecule has 9 heteroatoms. The molecule has 1 aromatic carbocycles. The first kappa shape index (κ1) is 21.6. The van der Waals surface area contributed by atoms with Crippen LogP contribution in [0, 0.1) is 18.7 Å². The Morgan fingerprint density at radius 2 is 2.07 bits per heavy atom. The van der Waals surface area contributed by atoms with Gasteiger partial charge in [-0.05, 0) is 30.0 Å². The van der Waals surface area contributed by atoms with Crippen molar-refractivity contribution in [3.63, 3.8) is 0 Å². The van der Waals surface area contributed by atoms with Gasteiger partial charge in [0.05, 0.1) is 19.0 Å². The number of morpholine rings is 1. The van der Waals surface area contributed by atoms with Crippen molar-refractivity contribution < 1.29 is 13.9 Å². The highest BCUT2D eigenvalue weighted by molar-refractivity contribution is 7.99. The molecule has 158 valence electrons. The zero-order valence-corrected chi connectivity index (χ0v) is 18.0. The van der Waals surface area contributed by atoms with Crippen LogP contribution in [0.1, 0.15) is 25.0 Å². The van der Waals surface area contributed by atoms with Crippen LogP contribution in [0.2, 0.25) is 0 Å². The van der Waals surface area contributed by atoms with Crippen molar-refractivity contribution in [2.45, 2.75) is 39.0 Å². The monoisotopic (exact) mass is 421 g/mol. The lowest BCUT2D eigenvalue weighted by atomic mass is 10.1. The zero-order chi connectivity index (χ0) is 20.8. The van der Waals surface area contributed by atoms with E-state index in [0.29, 0.717) is 31.2 Å². The summed E-state index contributed by atoms with van der Waals surface area (Å²) in [6.45, 7) is 10.0. The van der Waals surface area contributed by atoms with Crippen molar-refractivity contribution in [1.29, 1.82) is 0 Å².